The van der Waals surface area contributed by atoms with Crippen LogP contribution in [0.2, 0.25) is 0 Å². The first-order chi connectivity index (χ1) is 15.1. The Hall–Kier alpha value is -3.45. The molecular formula is C24H24N4O2S. The second kappa shape index (κ2) is 9.14. The first kappa shape index (κ1) is 20.8. The number of nitrogens with zero attached hydrogens (tertiary/aromatic N) is 1. The van der Waals surface area contributed by atoms with Crippen LogP contribution in [0.25, 0.3) is 21.3 Å². The van der Waals surface area contributed by atoms with Crippen molar-refractivity contribution in [1.82, 2.24) is 20.8 Å². The first-order valence-electron chi connectivity index (χ1n) is 10.2. The third-order valence-corrected chi connectivity index (χ3v) is 6.48. The Morgan fingerprint density at radius 2 is 1.87 bits per heavy atom. The van der Waals surface area contributed by atoms with Gasteiger partial charge in [0.2, 0.25) is 0 Å². The Morgan fingerprint density at radius 1 is 1.06 bits per heavy atom. The summed E-state index contributed by atoms with van der Waals surface area (Å²) in [5.41, 5.74) is 3.41. The summed E-state index contributed by atoms with van der Waals surface area (Å²) < 4.78 is 0. The maximum atomic E-state index is 12.6. The maximum absolute atomic E-state index is 12.6. The number of aromatic nitrogens is 2. The van der Waals surface area contributed by atoms with Gasteiger partial charge < -0.3 is 10.6 Å². The van der Waals surface area contributed by atoms with Gasteiger partial charge >= 0.3 is 0 Å². The quantitative estimate of drug-likeness (QED) is 0.400. The van der Waals surface area contributed by atoms with E-state index in [-0.39, 0.29) is 11.8 Å². The summed E-state index contributed by atoms with van der Waals surface area (Å²) in [7, 11) is 1.58. The van der Waals surface area contributed by atoms with Gasteiger partial charge in [0.05, 0.1) is 10.4 Å². The summed E-state index contributed by atoms with van der Waals surface area (Å²) in [6.07, 6.45) is 0.887. The topological polar surface area (TPSA) is 86.9 Å². The number of hydrogen-bond donors (Lipinski definition) is 3. The standard InChI is InChI=1S/C24H24N4O2S/c1-15(16-6-4-3-5-7-16)12-13-26-23(29)21-11-10-20(31-21)17-8-9-18-19(14-17)27-28-22(18)24(30)25-2/h3-11,14-15H,12-13H2,1-2H3,(H,25,30)(H,26,29)(H,27,28). The molecule has 4 rings (SSSR count). The van der Waals surface area contributed by atoms with Crippen molar-refractivity contribution in [3.63, 3.8) is 0 Å². The second-order valence-corrected chi connectivity index (χ2v) is 8.52. The van der Waals surface area contributed by atoms with E-state index < -0.39 is 0 Å². The fraction of sp³-hybridized carbons (Fsp3) is 0.208. The summed E-state index contributed by atoms with van der Waals surface area (Å²) in [5.74, 6) is 0.109. The normalized spacial score (nSPS) is 11.9. The molecule has 2 heterocycles. The van der Waals surface area contributed by atoms with E-state index in [1.165, 1.54) is 16.9 Å². The molecule has 0 radical (unpaired) electrons. The number of hydrogen-bond acceptors (Lipinski definition) is 4. The second-order valence-electron chi connectivity index (χ2n) is 7.43. The van der Waals surface area contributed by atoms with Crippen LogP contribution in [0.15, 0.2) is 60.7 Å². The van der Waals surface area contributed by atoms with Gasteiger partial charge in [-0.15, -0.1) is 11.3 Å². The van der Waals surface area contributed by atoms with E-state index in [0.717, 1.165) is 27.8 Å². The lowest BCUT2D eigenvalue weighted by atomic mass is 9.98. The number of fused-ring (bicyclic) bond motifs is 1. The van der Waals surface area contributed by atoms with Crippen molar-refractivity contribution >= 4 is 34.1 Å². The maximum Gasteiger partial charge on any atom is 0.272 e. The van der Waals surface area contributed by atoms with Crippen LogP contribution in [0.3, 0.4) is 0 Å². The summed E-state index contributed by atoms with van der Waals surface area (Å²) >= 11 is 1.45. The minimum atomic E-state index is -0.226. The highest BCUT2D eigenvalue weighted by Crippen LogP contribution is 2.31. The molecule has 0 fully saturated rings. The Kier molecular flexibility index (Phi) is 6.13. The highest BCUT2D eigenvalue weighted by atomic mass is 32.1. The van der Waals surface area contributed by atoms with Crippen LogP contribution >= 0.6 is 11.3 Å². The van der Waals surface area contributed by atoms with Crippen molar-refractivity contribution < 1.29 is 9.59 Å². The molecule has 31 heavy (non-hydrogen) atoms. The average molecular weight is 433 g/mol. The Bertz CT molecular complexity index is 1210. The fourth-order valence-electron chi connectivity index (χ4n) is 3.52. The van der Waals surface area contributed by atoms with E-state index in [2.05, 4.69) is 39.9 Å². The van der Waals surface area contributed by atoms with Gasteiger partial charge in [-0.25, -0.2) is 0 Å². The lowest BCUT2D eigenvalue weighted by Crippen LogP contribution is -2.24. The Balaban J connectivity index is 1.40. The lowest BCUT2D eigenvalue weighted by Gasteiger charge is -2.12. The summed E-state index contributed by atoms with van der Waals surface area (Å²) in [6.45, 7) is 2.80. The minimum absolute atomic E-state index is 0.0546. The number of carbonyl (C=O) groups excluding carboxylic acids is 2. The highest BCUT2D eigenvalue weighted by molar-refractivity contribution is 7.17. The van der Waals surface area contributed by atoms with Gasteiger partial charge in [-0.05, 0) is 47.7 Å². The SMILES string of the molecule is CNC(=O)c1n[nH]c2cc(-c3ccc(C(=O)NCCC(C)c4ccccc4)s3)ccc12. The molecule has 2 aromatic carbocycles. The number of amides is 2. The van der Waals surface area contributed by atoms with Gasteiger partial charge in [0, 0.05) is 23.9 Å². The summed E-state index contributed by atoms with van der Waals surface area (Å²) in [6, 6.07) is 19.9. The van der Waals surface area contributed by atoms with Crippen LogP contribution in [-0.4, -0.2) is 35.6 Å². The number of carbonyl (C=O) groups is 2. The van der Waals surface area contributed by atoms with Crippen molar-refractivity contribution in [1.29, 1.82) is 0 Å². The smallest absolute Gasteiger partial charge is 0.272 e. The van der Waals surface area contributed by atoms with Crippen LogP contribution < -0.4 is 10.6 Å². The van der Waals surface area contributed by atoms with E-state index in [1.54, 1.807) is 7.05 Å². The number of H-pyrrole nitrogens is 1. The fourth-order valence-corrected chi connectivity index (χ4v) is 4.44. The van der Waals surface area contributed by atoms with E-state index in [9.17, 15) is 9.59 Å². The predicted molar refractivity (Wildman–Crippen MR) is 125 cm³/mol. The van der Waals surface area contributed by atoms with Crippen LogP contribution in [0.5, 0.6) is 0 Å². The van der Waals surface area contributed by atoms with Crippen molar-refractivity contribution in [3.8, 4) is 10.4 Å². The van der Waals surface area contributed by atoms with Crippen molar-refractivity contribution in [3.05, 3.63) is 76.8 Å². The van der Waals surface area contributed by atoms with Gasteiger partial charge in [0.25, 0.3) is 11.8 Å². The molecule has 0 aliphatic rings. The molecule has 0 saturated heterocycles. The third kappa shape index (κ3) is 4.51. The van der Waals surface area contributed by atoms with Crippen LogP contribution in [0.1, 0.15) is 45.0 Å². The molecule has 0 spiro atoms. The van der Waals surface area contributed by atoms with Gasteiger partial charge in [0.15, 0.2) is 5.69 Å². The van der Waals surface area contributed by atoms with Crippen molar-refractivity contribution in [2.45, 2.75) is 19.3 Å². The monoisotopic (exact) mass is 432 g/mol. The molecule has 3 N–H and O–H groups in total. The van der Waals surface area contributed by atoms with Gasteiger partial charge in [0.1, 0.15) is 0 Å². The van der Waals surface area contributed by atoms with Crippen LogP contribution in [0, 0.1) is 0 Å². The molecule has 1 unspecified atom stereocenters. The minimum Gasteiger partial charge on any atom is -0.354 e. The molecule has 0 aliphatic heterocycles. The molecule has 0 saturated carbocycles. The molecule has 0 bridgehead atoms. The number of rotatable bonds is 7. The highest BCUT2D eigenvalue weighted by Gasteiger charge is 2.15. The van der Waals surface area contributed by atoms with Gasteiger partial charge in [-0.2, -0.15) is 5.10 Å². The summed E-state index contributed by atoms with van der Waals surface area (Å²) in [5, 5.41) is 13.4. The zero-order valence-electron chi connectivity index (χ0n) is 17.4. The number of nitrogens with one attached hydrogen (secondary N) is 3. The third-order valence-electron chi connectivity index (χ3n) is 5.35. The van der Waals surface area contributed by atoms with Crippen molar-refractivity contribution in [2.24, 2.45) is 0 Å². The average Bonchev–Trinajstić information content (AvgIpc) is 3.46. The van der Waals surface area contributed by atoms with Crippen molar-refractivity contribution in [2.75, 3.05) is 13.6 Å². The zero-order chi connectivity index (χ0) is 21.8. The lowest BCUT2D eigenvalue weighted by molar-refractivity contribution is 0.0950. The van der Waals surface area contributed by atoms with Gasteiger partial charge in [-0.3, -0.25) is 14.7 Å². The van der Waals surface area contributed by atoms with Crippen LogP contribution in [0.4, 0.5) is 0 Å². The Labute approximate surface area is 184 Å². The Morgan fingerprint density at radius 3 is 2.65 bits per heavy atom. The number of benzene rings is 2. The molecule has 158 valence electrons. The van der Waals surface area contributed by atoms with Crippen LogP contribution in [-0.2, 0) is 0 Å². The number of thiophene rings is 1. The molecule has 2 amide bonds. The molecule has 1 atom stereocenters. The van der Waals surface area contributed by atoms with E-state index in [0.29, 0.717) is 23.0 Å². The molecule has 2 aromatic heterocycles. The van der Waals surface area contributed by atoms with E-state index >= 15 is 0 Å². The zero-order valence-corrected chi connectivity index (χ0v) is 18.3. The molecule has 6 nitrogen and oxygen atoms in total. The number of aromatic amines is 1. The molecule has 4 aromatic rings. The molecule has 0 aliphatic carbocycles. The predicted octanol–water partition coefficient (Wildman–Crippen LogP) is 4.57. The van der Waals surface area contributed by atoms with E-state index in [4.69, 9.17) is 0 Å². The van der Waals surface area contributed by atoms with Gasteiger partial charge in [-0.1, -0.05) is 43.3 Å². The largest absolute Gasteiger partial charge is 0.354 e. The summed E-state index contributed by atoms with van der Waals surface area (Å²) in [4.78, 5) is 26.1. The first-order valence-corrected chi connectivity index (χ1v) is 11.0. The van der Waals surface area contributed by atoms with E-state index in [1.807, 2.05) is 48.5 Å². The molecular weight excluding hydrogens is 408 g/mol. The molecule has 7 heteroatoms.